The fourth-order valence-electron chi connectivity index (χ4n) is 1.64. The minimum atomic E-state index is 0.493. The number of hydrogen-bond acceptors (Lipinski definition) is 7. The molecule has 0 aliphatic rings. The molecule has 0 atom stereocenters. The number of nitrogens with zero attached hydrogens (tertiary/aromatic N) is 7. The zero-order valence-electron chi connectivity index (χ0n) is 10.8. The highest BCUT2D eigenvalue weighted by atomic mass is 15.2. The van der Waals surface area contributed by atoms with E-state index in [0.29, 0.717) is 17.7 Å². The molecule has 3 aromatic heterocycles. The molecule has 0 aliphatic heterocycles. The Balaban J connectivity index is 2.10. The van der Waals surface area contributed by atoms with Gasteiger partial charge in [0.2, 0.25) is 11.9 Å². The van der Waals surface area contributed by atoms with Gasteiger partial charge in [-0.05, 0) is 6.92 Å². The molecule has 0 fully saturated rings. The number of nitrogens with one attached hydrogen (secondary N) is 1. The van der Waals surface area contributed by atoms with Gasteiger partial charge in [-0.2, -0.15) is 15.0 Å². The third-order valence-corrected chi connectivity index (χ3v) is 2.51. The van der Waals surface area contributed by atoms with Gasteiger partial charge in [0.05, 0.1) is 5.56 Å². The molecule has 0 bridgehead atoms. The number of rotatable bonds is 4. The number of aromatic nitrogens is 7. The van der Waals surface area contributed by atoms with Crippen LogP contribution < -0.4 is 5.32 Å². The summed E-state index contributed by atoms with van der Waals surface area (Å²) in [6.07, 6.45) is 9.87. The summed E-state index contributed by atoms with van der Waals surface area (Å²) in [5.74, 6) is 1.51. The van der Waals surface area contributed by atoms with Crippen molar-refractivity contribution in [2.24, 2.45) is 0 Å². The molecule has 0 saturated heterocycles. The van der Waals surface area contributed by atoms with Gasteiger partial charge in [0.1, 0.15) is 12.7 Å². The Bertz CT molecular complexity index is 680. The van der Waals surface area contributed by atoms with E-state index in [-0.39, 0.29) is 0 Å². The number of anilines is 1. The van der Waals surface area contributed by atoms with Crippen molar-refractivity contribution in [1.82, 2.24) is 34.5 Å². The predicted molar refractivity (Wildman–Crippen MR) is 72.1 cm³/mol. The normalized spacial score (nSPS) is 10.4. The summed E-state index contributed by atoms with van der Waals surface area (Å²) in [7, 11) is 0. The van der Waals surface area contributed by atoms with Crippen LogP contribution in [0.1, 0.15) is 6.92 Å². The van der Waals surface area contributed by atoms with Crippen LogP contribution in [0.3, 0.4) is 0 Å². The van der Waals surface area contributed by atoms with Gasteiger partial charge in [-0.25, -0.2) is 15.0 Å². The van der Waals surface area contributed by atoms with Crippen molar-refractivity contribution in [2.75, 3.05) is 11.9 Å². The quantitative estimate of drug-likeness (QED) is 0.752. The molecule has 0 aliphatic carbocycles. The maximum absolute atomic E-state index is 4.41. The Hall–Kier alpha value is -2.90. The van der Waals surface area contributed by atoms with Crippen molar-refractivity contribution in [3.05, 3.63) is 37.4 Å². The number of hydrogen-bond donors (Lipinski definition) is 1. The summed E-state index contributed by atoms with van der Waals surface area (Å²) in [4.78, 5) is 25.1. The molecule has 8 heteroatoms. The van der Waals surface area contributed by atoms with Crippen LogP contribution >= 0.6 is 0 Å². The Kier molecular flexibility index (Phi) is 3.27. The van der Waals surface area contributed by atoms with E-state index in [9.17, 15) is 0 Å². The molecule has 3 rings (SSSR count). The van der Waals surface area contributed by atoms with E-state index in [1.54, 1.807) is 35.7 Å². The molecule has 0 unspecified atom stereocenters. The van der Waals surface area contributed by atoms with E-state index >= 15 is 0 Å². The smallest absolute Gasteiger partial charge is 0.240 e. The first kappa shape index (κ1) is 12.2. The zero-order valence-corrected chi connectivity index (χ0v) is 10.8. The van der Waals surface area contributed by atoms with Crippen molar-refractivity contribution < 1.29 is 0 Å². The standard InChI is InChI=1S/C12H12N8/c1-2-16-11-17-10(9-5-14-7-15-6-9)18-12(19-11)20-4-3-13-8-20/h3-8H,2H2,1H3,(H,16,17,18,19). The van der Waals surface area contributed by atoms with Gasteiger partial charge in [-0.1, -0.05) is 0 Å². The summed E-state index contributed by atoms with van der Waals surface area (Å²) in [5, 5.41) is 3.08. The molecule has 8 nitrogen and oxygen atoms in total. The van der Waals surface area contributed by atoms with Gasteiger partial charge >= 0.3 is 0 Å². The molecule has 3 aromatic rings. The lowest BCUT2D eigenvalue weighted by molar-refractivity contribution is 0.895. The Morgan fingerprint density at radius 3 is 2.65 bits per heavy atom. The Morgan fingerprint density at radius 1 is 1.10 bits per heavy atom. The van der Waals surface area contributed by atoms with Gasteiger partial charge < -0.3 is 5.32 Å². The van der Waals surface area contributed by atoms with Crippen molar-refractivity contribution >= 4 is 5.95 Å². The van der Waals surface area contributed by atoms with Crippen LogP contribution in [-0.4, -0.2) is 41.0 Å². The van der Waals surface area contributed by atoms with Crippen LogP contribution in [-0.2, 0) is 0 Å². The monoisotopic (exact) mass is 268 g/mol. The second-order valence-corrected chi connectivity index (χ2v) is 3.91. The summed E-state index contributed by atoms with van der Waals surface area (Å²) in [6, 6.07) is 0. The van der Waals surface area contributed by atoms with Crippen LogP contribution in [0.2, 0.25) is 0 Å². The summed E-state index contributed by atoms with van der Waals surface area (Å²) in [6.45, 7) is 2.70. The van der Waals surface area contributed by atoms with E-state index in [0.717, 1.165) is 12.1 Å². The second kappa shape index (κ2) is 5.39. The topological polar surface area (TPSA) is 94.3 Å². The third-order valence-electron chi connectivity index (χ3n) is 2.51. The molecular weight excluding hydrogens is 256 g/mol. The molecule has 100 valence electrons. The van der Waals surface area contributed by atoms with Gasteiger partial charge in [0.15, 0.2) is 5.82 Å². The van der Waals surface area contributed by atoms with E-state index < -0.39 is 0 Å². The highest BCUT2D eigenvalue weighted by Gasteiger charge is 2.09. The van der Waals surface area contributed by atoms with E-state index in [4.69, 9.17) is 0 Å². The molecule has 0 aromatic carbocycles. The molecule has 0 saturated carbocycles. The molecular formula is C12H12N8. The van der Waals surface area contributed by atoms with Crippen molar-refractivity contribution in [2.45, 2.75) is 6.92 Å². The van der Waals surface area contributed by atoms with Crippen LogP contribution in [0.15, 0.2) is 37.4 Å². The minimum Gasteiger partial charge on any atom is -0.354 e. The molecule has 0 amide bonds. The maximum atomic E-state index is 4.41. The van der Waals surface area contributed by atoms with E-state index in [1.807, 2.05) is 6.92 Å². The van der Waals surface area contributed by atoms with E-state index in [2.05, 4.69) is 35.2 Å². The van der Waals surface area contributed by atoms with Gasteiger partial charge in [0, 0.05) is 31.3 Å². The van der Waals surface area contributed by atoms with Gasteiger partial charge in [-0.3, -0.25) is 4.57 Å². The van der Waals surface area contributed by atoms with Crippen LogP contribution in [0, 0.1) is 0 Å². The Morgan fingerprint density at radius 2 is 1.95 bits per heavy atom. The van der Waals surface area contributed by atoms with Gasteiger partial charge in [0.25, 0.3) is 0 Å². The first-order valence-electron chi connectivity index (χ1n) is 6.10. The van der Waals surface area contributed by atoms with Crippen molar-refractivity contribution in [1.29, 1.82) is 0 Å². The van der Waals surface area contributed by atoms with Crippen molar-refractivity contribution in [3.8, 4) is 17.3 Å². The molecule has 20 heavy (non-hydrogen) atoms. The average molecular weight is 268 g/mol. The van der Waals surface area contributed by atoms with Crippen molar-refractivity contribution in [3.63, 3.8) is 0 Å². The van der Waals surface area contributed by atoms with Crippen LogP contribution in [0.25, 0.3) is 17.3 Å². The first-order chi connectivity index (χ1) is 9.86. The summed E-state index contributed by atoms with van der Waals surface area (Å²) in [5.41, 5.74) is 0.732. The lowest BCUT2D eigenvalue weighted by atomic mass is 10.3. The average Bonchev–Trinajstić information content (AvgIpc) is 3.02. The molecule has 0 spiro atoms. The zero-order chi connectivity index (χ0) is 13.8. The summed E-state index contributed by atoms with van der Waals surface area (Å²) >= 11 is 0. The molecule has 0 radical (unpaired) electrons. The molecule has 1 N–H and O–H groups in total. The second-order valence-electron chi connectivity index (χ2n) is 3.91. The summed E-state index contributed by atoms with van der Waals surface area (Å²) < 4.78 is 1.72. The first-order valence-corrected chi connectivity index (χ1v) is 6.10. The van der Waals surface area contributed by atoms with Crippen LogP contribution in [0.5, 0.6) is 0 Å². The number of imidazole rings is 1. The SMILES string of the molecule is CCNc1nc(-c2cncnc2)nc(-n2ccnc2)n1. The lowest BCUT2D eigenvalue weighted by Crippen LogP contribution is -2.09. The fourth-order valence-corrected chi connectivity index (χ4v) is 1.64. The minimum absolute atomic E-state index is 0.493. The largest absolute Gasteiger partial charge is 0.354 e. The van der Waals surface area contributed by atoms with E-state index in [1.165, 1.54) is 6.33 Å². The van der Waals surface area contributed by atoms with Gasteiger partial charge in [-0.15, -0.1) is 0 Å². The predicted octanol–water partition coefficient (Wildman–Crippen LogP) is 0.946. The molecule has 3 heterocycles. The lowest BCUT2D eigenvalue weighted by Gasteiger charge is -2.07. The maximum Gasteiger partial charge on any atom is 0.240 e. The highest BCUT2D eigenvalue weighted by molar-refractivity contribution is 5.54. The third kappa shape index (κ3) is 2.44. The van der Waals surface area contributed by atoms with Crippen LogP contribution in [0.4, 0.5) is 5.95 Å². The Labute approximate surface area is 115 Å². The highest BCUT2D eigenvalue weighted by Crippen LogP contribution is 2.15. The fraction of sp³-hybridized carbons (Fsp3) is 0.167.